The molecule has 0 bridgehead atoms. The molecule has 3 heterocycles. The van der Waals surface area contributed by atoms with Crippen LogP contribution >= 0.6 is 11.3 Å². The Balaban J connectivity index is 1.74. The fourth-order valence-electron chi connectivity index (χ4n) is 3.08. The lowest BCUT2D eigenvalue weighted by Gasteiger charge is -2.18. The molecule has 5 nitrogen and oxygen atoms in total. The van der Waals surface area contributed by atoms with E-state index in [-0.39, 0.29) is 5.91 Å². The van der Waals surface area contributed by atoms with E-state index in [4.69, 9.17) is 0 Å². The Morgan fingerprint density at radius 1 is 1.19 bits per heavy atom. The molecule has 0 fully saturated rings. The van der Waals surface area contributed by atoms with Gasteiger partial charge in [0.05, 0.1) is 23.7 Å². The van der Waals surface area contributed by atoms with Crippen LogP contribution in [0.2, 0.25) is 0 Å². The standard InChI is InChI=1S/C21H20N4OS/c1-14-6-8-16(9-7-14)24(3)21(26)18-11-15(2)23-20-19(18)12-22-25(20)13-17-5-4-10-27-17/h4-12H,13H2,1-3H3. The molecule has 27 heavy (non-hydrogen) atoms. The number of hydrogen-bond donors (Lipinski definition) is 0. The largest absolute Gasteiger partial charge is 0.311 e. The summed E-state index contributed by atoms with van der Waals surface area (Å²) in [6, 6.07) is 13.9. The van der Waals surface area contributed by atoms with Crippen molar-refractivity contribution in [1.29, 1.82) is 0 Å². The lowest BCUT2D eigenvalue weighted by Crippen LogP contribution is -2.26. The SMILES string of the molecule is Cc1ccc(N(C)C(=O)c2cc(C)nc3c2cnn3Cc2cccs2)cc1. The van der Waals surface area contributed by atoms with Crippen molar-refractivity contribution in [3.63, 3.8) is 0 Å². The molecule has 1 aromatic carbocycles. The first-order valence-electron chi connectivity index (χ1n) is 8.73. The van der Waals surface area contributed by atoms with Crippen LogP contribution in [0.1, 0.15) is 26.5 Å². The molecule has 4 aromatic rings. The number of benzene rings is 1. The first-order chi connectivity index (χ1) is 13.0. The van der Waals surface area contributed by atoms with E-state index in [9.17, 15) is 4.79 Å². The Hall–Kier alpha value is -2.99. The zero-order valence-corrected chi connectivity index (χ0v) is 16.3. The molecule has 0 radical (unpaired) electrons. The van der Waals surface area contributed by atoms with Gasteiger partial charge in [0.1, 0.15) is 0 Å². The Labute approximate surface area is 161 Å². The number of carbonyl (C=O) groups excluding carboxylic acids is 1. The maximum Gasteiger partial charge on any atom is 0.258 e. The van der Waals surface area contributed by atoms with Gasteiger partial charge in [-0.05, 0) is 43.5 Å². The third-order valence-electron chi connectivity index (χ3n) is 4.58. The zero-order chi connectivity index (χ0) is 19.0. The van der Waals surface area contributed by atoms with Gasteiger partial charge >= 0.3 is 0 Å². The number of hydrogen-bond acceptors (Lipinski definition) is 4. The second-order valence-electron chi connectivity index (χ2n) is 6.63. The Kier molecular flexibility index (Phi) is 4.49. The van der Waals surface area contributed by atoms with Crippen LogP contribution in [0, 0.1) is 13.8 Å². The molecule has 0 saturated heterocycles. The molecule has 0 saturated carbocycles. The van der Waals surface area contributed by atoms with E-state index in [1.165, 1.54) is 4.88 Å². The molecule has 6 heteroatoms. The summed E-state index contributed by atoms with van der Waals surface area (Å²) in [7, 11) is 1.80. The van der Waals surface area contributed by atoms with Crippen LogP contribution in [0.25, 0.3) is 11.0 Å². The number of thiophene rings is 1. The third-order valence-corrected chi connectivity index (χ3v) is 5.44. The van der Waals surface area contributed by atoms with Crippen molar-refractivity contribution in [1.82, 2.24) is 14.8 Å². The predicted molar refractivity (Wildman–Crippen MR) is 110 cm³/mol. The van der Waals surface area contributed by atoms with Crippen LogP contribution in [-0.4, -0.2) is 27.7 Å². The van der Waals surface area contributed by atoms with Gasteiger partial charge in [-0.25, -0.2) is 9.67 Å². The van der Waals surface area contributed by atoms with Crippen molar-refractivity contribution in [2.24, 2.45) is 0 Å². The van der Waals surface area contributed by atoms with Crippen molar-refractivity contribution in [2.75, 3.05) is 11.9 Å². The molecule has 136 valence electrons. The number of rotatable bonds is 4. The van der Waals surface area contributed by atoms with Gasteiger partial charge in [0.15, 0.2) is 5.65 Å². The average molecular weight is 376 g/mol. The maximum absolute atomic E-state index is 13.2. The summed E-state index contributed by atoms with van der Waals surface area (Å²) in [4.78, 5) is 20.7. The summed E-state index contributed by atoms with van der Waals surface area (Å²) < 4.78 is 1.86. The van der Waals surface area contributed by atoms with Gasteiger partial charge in [-0.2, -0.15) is 5.10 Å². The first kappa shape index (κ1) is 17.4. The molecule has 4 rings (SSSR count). The Bertz CT molecular complexity index is 1100. The van der Waals surface area contributed by atoms with Gasteiger partial charge in [0.2, 0.25) is 0 Å². The van der Waals surface area contributed by atoms with E-state index in [0.29, 0.717) is 12.1 Å². The zero-order valence-electron chi connectivity index (χ0n) is 15.5. The smallest absolute Gasteiger partial charge is 0.258 e. The molecular weight excluding hydrogens is 356 g/mol. The van der Waals surface area contributed by atoms with Crippen molar-refractivity contribution in [3.8, 4) is 0 Å². The van der Waals surface area contributed by atoms with Gasteiger partial charge in [-0.15, -0.1) is 11.3 Å². The minimum atomic E-state index is -0.0648. The molecule has 1 amide bonds. The van der Waals surface area contributed by atoms with E-state index in [0.717, 1.165) is 28.0 Å². The van der Waals surface area contributed by atoms with Crippen molar-refractivity contribution >= 4 is 34.0 Å². The van der Waals surface area contributed by atoms with Crippen LogP contribution in [0.5, 0.6) is 0 Å². The fourth-order valence-corrected chi connectivity index (χ4v) is 3.77. The number of aromatic nitrogens is 3. The topological polar surface area (TPSA) is 51.0 Å². The summed E-state index contributed by atoms with van der Waals surface area (Å²) in [5.74, 6) is -0.0648. The molecule has 0 aliphatic rings. The number of pyridine rings is 1. The third kappa shape index (κ3) is 3.36. The van der Waals surface area contributed by atoms with E-state index in [1.807, 2.05) is 60.3 Å². The summed E-state index contributed by atoms with van der Waals surface area (Å²) in [5, 5.41) is 7.31. The molecule has 0 unspecified atom stereocenters. The molecular formula is C21H20N4OS. The highest BCUT2D eigenvalue weighted by atomic mass is 32.1. The van der Waals surface area contributed by atoms with E-state index < -0.39 is 0 Å². The highest BCUT2D eigenvalue weighted by molar-refractivity contribution is 7.09. The minimum Gasteiger partial charge on any atom is -0.311 e. The minimum absolute atomic E-state index is 0.0648. The summed E-state index contributed by atoms with van der Waals surface area (Å²) >= 11 is 1.68. The molecule has 0 spiro atoms. The Morgan fingerprint density at radius 2 is 1.96 bits per heavy atom. The number of amides is 1. The predicted octanol–water partition coefficient (Wildman–Crippen LogP) is 4.43. The van der Waals surface area contributed by atoms with Crippen LogP contribution in [-0.2, 0) is 6.54 Å². The number of fused-ring (bicyclic) bond motifs is 1. The number of nitrogens with zero attached hydrogens (tertiary/aromatic N) is 4. The van der Waals surface area contributed by atoms with Crippen molar-refractivity contribution < 1.29 is 4.79 Å². The van der Waals surface area contributed by atoms with Crippen molar-refractivity contribution in [3.05, 3.63) is 75.7 Å². The van der Waals surface area contributed by atoms with Crippen LogP contribution < -0.4 is 4.90 Å². The van der Waals surface area contributed by atoms with Gasteiger partial charge in [0.25, 0.3) is 5.91 Å². The fraction of sp³-hybridized carbons (Fsp3) is 0.190. The van der Waals surface area contributed by atoms with Gasteiger partial charge in [-0.3, -0.25) is 4.79 Å². The van der Waals surface area contributed by atoms with E-state index >= 15 is 0 Å². The van der Waals surface area contributed by atoms with Crippen LogP contribution in [0.15, 0.2) is 54.0 Å². The summed E-state index contributed by atoms with van der Waals surface area (Å²) in [5.41, 5.74) is 4.19. The molecule has 0 atom stereocenters. The summed E-state index contributed by atoms with van der Waals surface area (Å²) in [6.07, 6.45) is 1.74. The number of aryl methyl sites for hydroxylation is 2. The second kappa shape index (κ2) is 6.96. The normalized spacial score (nSPS) is 11.1. The maximum atomic E-state index is 13.2. The molecule has 3 aromatic heterocycles. The van der Waals surface area contributed by atoms with Gasteiger partial charge in [0, 0.05) is 23.3 Å². The monoisotopic (exact) mass is 376 g/mol. The highest BCUT2D eigenvalue weighted by Crippen LogP contribution is 2.23. The Morgan fingerprint density at radius 3 is 2.67 bits per heavy atom. The molecule has 0 N–H and O–H groups in total. The highest BCUT2D eigenvalue weighted by Gasteiger charge is 2.20. The summed E-state index contributed by atoms with van der Waals surface area (Å²) in [6.45, 7) is 4.59. The number of carbonyl (C=O) groups is 1. The number of anilines is 1. The average Bonchev–Trinajstić information content (AvgIpc) is 3.31. The quantitative estimate of drug-likeness (QED) is 0.529. The van der Waals surface area contributed by atoms with Gasteiger partial charge < -0.3 is 4.90 Å². The molecule has 0 aliphatic heterocycles. The lowest BCUT2D eigenvalue weighted by molar-refractivity contribution is 0.0994. The van der Waals surface area contributed by atoms with Crippen LogP contribution in [0.3, 0.4) is 0 Å². The van der Waals surface area contributed by atoms with Crippen LogP contribution in [0.4, 0.5) is 5.69 Å². The van der Waals surface area contributed by atoms with E-state index in [2.05, 4.69) is 16.1 Å². The second-order valence-corrected chi connectivity index (χ2v) is 7.66. The van der Waals surface area contributed by atoms with E-state index in [1.54, 1.807) is 29.5 Å². The first-order valence-corrected chi connectivity index (χ1v) is 9.61. The van der Waals surface area contributed by atoms with Crippen molar-refractivity contribution in [2.45, 2.75) is 20.4 Å². The lowest BCUT2D eigenvalue weighted by atomic mass is 10.1. The van der Waals surface area contributed by atoms with Gasteiger partial charge in [-0.1, -0.05) is 23.8 Å². The molecule has 0 aliphatic carbocycles.